The van der Waals surface area contributed by atoms with Gasteiger partial charge in [0.15, 0.2) is 0 Å². The quantitative estimate of drug-likeness (QED) is 0.192. The lowest BCUT2D eigenvalue weighted by Gasteiger charge is -2.31. The molecule has 248 valence electrons. The number of furan rings is 1. The number of hydrogen-bond acceptors (Lipinski definition) is 2. The molecule has 5 aromatic rings. The van der Waals surface area contributed by atoms with Gasteiger partial charge < -0.3 is 9.15 Å². The van der Waals surface area contributed by atoms with Crippen LogP contribution in [0, 0.1) is 0 Å². The Hall–Kier alpha value is -5.60. The normalized spacial score (nSPS) is 20.5. The molecule has 1 unspecified atom stereocenters. The highest BCUT2D eigenvalue weighted by Gasteiger charge is 2.35. The van der Waals surface area contributed by atoms with Crippen molar-refractivity contribution in [1.82, 2.24) is 0 Å². The summed E-state index contributed by atoms with van der Waals surface area (Å²) < 4.78 is 13.2. The highest BCUT2D eigenvalue weighted by Crippen LogP contribution is 2.50. The first kappa shape index (κ1) is 30.2. The lowest BCUT2D eigenvalue weighted by atomic mass is 9.74. The Kier molecular flexibility index (Phi) is 7.30. The van der Waals surface area contributed by atoms with Crippen LogP contribution in [0.25, 0.3) is 45.7 Å². The molecule has 2 nitrogen and oxygen atoms in total. The van der Waals surface area contributed by atoms with E-state index in [0.29, 0.717) is 6.61 Å². The van der Waals surface area contributed by atoms with Gasteiger partial charge in [-0.3, -0.25) is 0 Å². The second kappa shape index (κ2) is 12.3. The lowest BCUT2D eigenvalue weighted by Crippen LogP contribution is -2.29. The molecule has 0 amide bonds. The second-order valence-electron chi connectivity index (χ2n) is 14.5. The van der Waals surface area contributed by atoms with Crippen molar-refractivity contribution < 1.29 is 9.15 Å². The summed E-state index contributed by atoms with van der Waals surface area (Å²) in [4.78, 5) is 0. The summed E-state index contributed by atoms with van der Waals surface area (Å²) in [6, 6.07) is 33.3. The van der Waals surface area contributed by atoms with E-state index in [-0.39, 0.29) is 5.92 Å². The molecule has 0 bridgehead atoms. The zero-order valence-electron chi connectivity index (χ0n) is 28.9. The van der Waals surface area contributed by atoms with Gasteiger partial charge >= 0.3 is 0 Å². The van der Waals surface area contributed by atoms with Crippen molar-refractivity contribution in [2.75, 3.05) is 6.61 Å². The van der Waals surface area contributed by atoms with Crippen LogP contribution in [-0.2, 0) is 11.2 Å². The molecule has 0 radical (unpaired) electrons. The number of hydrogen-bond donors (Lipinski definition) is 0. The summed E-state index contributed by atoms with van der Waals surface area (Å²) in [6.45, 7) is 5.23. The molecule has 2 heteroatoms. The molecule has 1 aliphatic heterocycles. The summed E-state index contributed by atoms with van der Waals surface area (Å²) in [5, 5.41) is 5.31. The van der Waals surface area contributed by atoms with E-state index in [9.17, 15) is 0 Å². The van der Waals surface area contributed by atoms with Crippen LogP contribution in [0.3, 0.4) is 0 Å². The van der Waals surface area contributed by atoms with Gasteiger partial charge in [0.05, 0.1) is 0 Å². The fraction of sp³-hybridized carbons (Fsp3) is 0.184. The van der Waals surface area contributed by atoms with Gasteiger partial charge in [0.2, 0.25) is 0 Å². The van der Waals surface area contributed by atoms with Crippen LogP contribution in [-0.4, -0.2) is 6.61 Å². The van der Waals surface area contributed by atoms with E-state index in [1.165, 1.54) is 76.9 Å². The first-order valence-corrected chi connectivity index (χ1v) is 18.6. The molecule has 4 aromatic carbocycles. The van der Waals surface area contributed by atoms with Gasteiger partial charge in [-0.05, 0) is 135 Å². The average Bonchev–Trinajstić information content (AvgIpc) is 3.59. The Bertz CT molecular complexity index is 2550. The van der Waals surface area contributed by atoms with Crippen LogP contribution in [0.5, 0.6) is 0 Å². The zero-order valence-corrected chi connectivity index (χ0v) is 28.9. The first-order chi connectivity index (χ1) is 25.2. The number of ether oxygens (including phenoxy) is 1. The number of rotatable bonds is 3. The molecule has 4 aliphatic carbocycles. The minimum absolute atomic E-state index is 0.254. The minimum atomic E-state index is 0.254. The van der Waals surface area contributed by atoms with E-state index < -0.39 is 0 Å². The summed E-state index contributed by atoms with van der Waals surface area (Å²) >= 11 is 0. The van der Waals surface area contributed by atoms with E-state index in [2.05, 4.69) is 134 Å². The molecule has 0 saturated heterocycles. The van der Waals surface area contributed by atoms with Crippen molar-refractivity contribution in [3.8, 4) is 0 Å². The highest BCUT2D eigenvalue weighted by atomic mass is 16.5. The molecule has 0 fully saturated rings. The van der Waals surface area contributed by atoms with Crippen LogP contribution < -0.4 is 10.4 Å². The summed E-state index contributed by atoms with van der Waals surface area (Å²) in [5.41, 5.74) is 14.4. The third kappa shape index (κ3) is 5.16. The maximum Gasteiger partial charge on any atom is 0.131 e. The van der Waals surface area contributed by atoms with Crippen LogP contribution in [0.15, 0.2) is 143 Å². The highest BCUT2D eigenvalue weighted by molar-refractivity contribution is 5.98. The van der Waals surface area contributed by atoms with Crippen molar-refractivity contribution in [3.05, 3.63) is 188 Å². The topological polar surface area (TPSA) is 22.4 Å². The van der Waals surface area contributed by atoms with E-state index in [1.807, 2.05) is 0 Å². The Morgan fingerprint density at radius 3 is 2.43 bits per heavy atom. The molecule has 0 spiro atoms. The predicted octanol–water partition coefficient (Wildman–Crippen LogP) is 10.8. The third-order valence-corrected chi connectivity index (χ3v) is 11.7. The maximum atomic E-state index is 6.62. The summed E-state index contributed by atoms with van der Waals surface area (Å²) in [5.74, 6) is 3.27. The summed E-state index contributed by atoms with van der Waals surface area (Å²) in [7, 11) is 0. The first-order valence-electron chi connectivity index (χ1n) is 18.6. The van der Waals surface area contributed by atoms with Crippen molar-refractivity contribution in [1.29, 1.82) is 0 Å². The number of fused-ring (bicyclic) bond motifs is 8. The van der Waals surface area contributed by atoms with Crippen molar-refractivity contribution in [3.63, 3.8) is 0 Å². The monoisotopic (exact) mass is 660 g/mol. The third-order valence-electron chi connectivity index (χ3n) is 11.7. The van der Waals surface area contributed by atoms with Gasteiger partial charge in [-0.2, -0.15) is 0 Å². The molecular weight excluding hydrogens is 621 g/mol. The predicted molar refractivity (Wildman–Crippen MR) is 211 cm³/mol. The van der Waals surface area contributed by atoms with E-state index >= 15 is 0 Å². The van der Waals surface area contributed by atoms with Crippen LogP contribution in [0.2, 0.25) is 0 Å². The smallest absolute Gasteiger partial charge is 0.131 e. The van der Waals surface area contributed by atoms with Gasteiger partial charge in [-0.25, -0.2) is 0 Å². The molecule has 1 aromatic heterocycles. The van der Waals surface area contributed by atoms with E-state index in [4.69, 9.17) is 9.15 Å². The SMILES string of the molecule is C=C1CC/C(c2ccc(C3=c4ccccc4=CCC3)cc2)=C\COC2=CCC3C(=C12)C=Cc1oc2c(c13)CCC(c1cccc3ccccc13)=C2. The Balaban J connectivity index is 0.928. The maximum absolute atomic E-state index is 6.62. The van der Waals surface area contributed by atoms with Gasteiger partial charge in [-0.15, -0.1) is 0 Å². The van der Waals surface area contributed by atoms with Crippen LogP contribution in [0.1, 0.15) is 83.8 Å². The van der Waals surface area contributed by atoms with Crippen molar-refractivity contribution in [2.24, 2.45) is 0 Å². The Morgan fingerprint density at radius 1 is 0.667 bits per heavy atom. The number of benzene rings is 4. The molecule has 0 N–H and O–H groups in total. The average molecular weight is 661 g/mol. The Morgan fingerprint density at radius 2 is 1.49 bits per heavy atom. The number of allylic oxidation sites excluding steroid dienone is 6. The van der Waals surface area contributed by atoms with Gasteiger partial charge in [0, 0.05) is 22.6 Å². The second-order valence-corrected chi connectivity index (χ2v) is 14.5. The molecule has 1 atom stereocenters. The standard InChI is InChI=1S/C49H40O2/c1-31-16-17-33(32-18-20-36(21-19-32)40-14-6-10-34-8-2-4-12-38(34)40)28-29-50-45-26-24-43-42(48(31)45)25-27-46-49(43)44-23-22-37(30-47(44)51-46)41-15-7-11-35-9-3-5-13-39(35)41/h2-5,7-13,15,18-21,25-28,30,43H,1,6,14,16-17,22-24,29H2/b33-28+. The molecule has 0 saturated carbocycles. The molecule has 10 rings (SSSR count). The van der Waals surface area contributed by atoms with Crippen LogP contribution in [0.4, 0.5) is 0 Å². The summed E-state index contributed by atoms with van der Waals surface area (Å²) in [6.07, 6.45) is 20.6. The van der Waals surface area contributed by atoms with E-state index in [0.717, 1.165) is 67.8 Å². The fourth-order valence-corrected chi connectivity index (χ4v) is 9.17. The minimum Gasteiger partial charge on any atom is -0.489 e. The Labute approximate surface area is 299 Å². The lowest BCUT2D eigenvalue weighted by molar-refractivity contribution is 0.253. The van der Waals surface area contributed by atoms with Crippen molar-refractivity contribution in [2.45, 2.75) is 50.9 Å². The van der Waals surface area contributed by atoms with Gasteiger partial charge in [0.25, 0.3) is 0 Å². The van der Waals surface area contributed by atoms with Crippen LogP contribution >= 0.6 is 0 Å². The van der Waals surface area contributed by atoms with Crippen molar-refractivity contribution >= 4 is 45.7 Å². The molecule has 51 heavy (non-hydrogen) atoms. The van der Waals surface area contributed by atoms with E-state index in [1.54, 1.807) is 0 Å². The van der Waals surface area contributed by atoms with Gasteiger partial charge in [0.1, 0.15) is 23.9 Å². The van der Waals surface area contributed by atoms with Gasteiger partial charge in [-0.1, -0.05) is 110 Å². The molecule has 5 aliphatic rings. The largest absolute Gasteiger partial charge is 0.489 e. The molecule has 2 heterocycles. The molecular formula is C49H40O2. The zero-order chi connectivity index (χ0) is 33.9. The fourth-order valence-electron chi connectivity index (χ4n) is 9.17.